The van der Waals surface area contributed by atoms with Crippen LogP contribution in [0.3, 0.4) is 0 Å². The summed E-state index contributed by atoms with van der Waals surface area (Å²) in [4.78, 5) is 45.2. The monoisotopic (exact) mass is 468 g/mol. The molecule has 0 spiro atoms. The van der Waals surface area contributed by atoms with E-state index in [1.807, 2.05) is 36.5 Å². The summed E-state index contributed by atoms with van der Waals surface area (Å²) in [6, 6.07) is 19.9. The lowest BCUT2D eigenvalue weighted by molar-refractivity contribution is -0.136. The number of carbonyl (C=O) groups excluding carboxylic acids is 3. The zero-order valence-corrected chi connectivity index (χ0v) is 19.9. The largest absolute Gasteiger partial charge is 0.322 e. The standard InChI is InChI=1S/C28H28N4O3/c1-18(20-6-4-3-5-7-20)31(2)16-19-12-13-29-24(14-19)21-8-9-23-22(15-21)17-32(28(23)35)25-10-11-26(33)30-27(25)34/h3-9,12-15,18,25H,10-11,16-17H2,1-2H3,(H,30,33,34). The summed E-state index contributed by atoms with van der Waals surface area (Å²) in [6.07, 6.45) is 2.42. The van der Waals surface area contributed by atoms with E-state index in [4.69, 9.17) is 0 Å². The summed E-state index contributed by atoms with van der Waals surface area (Å²) in [5.74, 6) is -0.849. The Labute approximate surface area is 204 Å². The van der Waals surface area contributed by atoms with Crippen LogP contribution in [0.1, 0.15) is 52.9 Å². The third-order valence-electron chi connectivity index (χ3n) is 7.02. The van der Waals surface area contributed by atoms with E-state index in [0.717, 1.165) is 28.9 Å². The van der Waals surface area contributed by atoms with Gasteiger partial charge in [-0.2, -0.15) is 0 Å². The van der Waals surface area contributed by atoms with Crippen LogP contribution in [0.2, 0.25) is 0 Å². The number of hydrogen-bond donors (Lipinski definition) is 1. The fourth-order valence-corrected chi connectivity index (χ4v) is 4.88. The molecule has 2 aliphatic heterocycles. The van der Waals surface area contributed by atoms with Gasteiger partial charge in [0.1, 0.15) is 6.04 Å². The van der Waals surface area contributed by atoms with Gasteiger partial charge in [-0.25, -0.2) is 0 Å². The molecule has 1 N–H and O–H groups in total. The molecule has 1 aromatic heterocycles. The van der Waals surface area contributed by atoms with Gasteiger partial charge in [-0.3, -0.25) is 29.6 Å². The predicted molar refractivity (Wildman–Crippen MR) is 132 cm³/mol. The van der Waals surface area contributed by atoms with Gasteiger partial charge in [0.25, 0.3) is 5.91 Å². The quantitative estimate of drug-likeness (QED) is 0.558. The molecule has 7 nitrogen and oxygen atoms in total. The Morgan fingerprint density at radius 2 is 1.89 bits per heavy atom. The van der Waals surface area contributed by atoms with E-state index in [1.165, 1.54) is 5.56 Å². The summed E-state index contributed by atoms with van der Waals surface area (Å²) < 4.78 is 0. The molecule has 2 aliphatic rings. The first-order valence-corrected chi connectivity index (χ1v) is 11.9. The highest BCUT2D eigenvalue weighted by Crippen LogP contribution is 2.31. The first-order chi connectivity index (χ1) is 16.9. The molecule has 1 fully saturated rings. The van der Waals surface area contributed by atoms with Crippen molar-refractivity contribution in [3.63, 3.8) is 0 Å². The van der Waals surface area contributed by atoms with Crippen LogP contribution in [0.25, 0.3) is 11.3 Å². The van der Waals surface area contributed by atoms with Crippen molar-refractivity contribution in [3.8, 4) is 11.3 Å². The first kappa shape index (κ1) is 22.9. The van der Waals surface area contributed by atoms with Gasteiger partial charge in [-0.15, -0.1) is 0 Å². The van der Waals surface area contributed by atoms with E-state index in [2.05, 4.69) is 59.5 Å². The molecule has 0 saturated carbocycles. The number of aromatic nitrogens is 1. The van der Waals surface area contributed by atoms with Crippen LogP contribution in [0.15, 0.2) is 66.9 Å². The van der Waals surface area contributed by atoms with E-state index in [0.29, 0.717) is 18.5 Å². The normalized spacial score (nSPS) is 18.5. The van der Waals surface area contributed by atoms with E-state index in [-0.39, 0.29) is 24.3 Å². The Morgan fingerprint density at radius 1 is 1.09 bits per heavy atom. The van der Waals surface area contributed by atoms with Crippen molar-refractivity contribution >= 4 is 17.7 Å². The minimum absolute atomic E-state index is 0.167. The highest BCUT2D eigenvalue weighted by molar-refractivity contribution is 6.05. The molecule has 0 radical (unpaired) electrons. The summed E-state index contributed by atoms with van der Waals surface area (Å²) in [5, 5.41) is 2.35. The Hall–Kier alpha value is -3.84. The maximum absolute atomic E-state index is 13.0. The number of amides is 3. The van der Waals surface area contributed by atoms with Gasteiger partial charge in [-0.05, 0) is 61.3 Å². The number of nitrogens with zero attached hydrogens (tertiary/aromatic N) is 3. The number of pyridine rings is 1. The maximum Gasteiger partial charge on any atom is 0.255 e. The van der Waals surface area contributed by atoms with Gasteiger partial charge in [0.2, 0.25) is 11.8 Å². The van der Waals surface area contributed by atoms with Crippen molar-refractivity contribution in [1.82, 2.24) is 20.1 Å². The molecule has 1 saturated heterocycles. The summed E-state index contributed by atoms with van der Waals surface area (Å²) in [7, 11) is 2.11. The van der Waals surface area contributed by atoms with Crippen LogP contribution in [0.4, 0.5) is 0 Å². The van der Waals surface area contributed by atoms with Crippen LogP contribution in [0, 0.1) is 0 Å². The van der Waals surface area contributed by atoms with Crippen molar-refractivity contribution < 1.29 is 14.4 Å². The van der Waals surface area contributed by atoms with Crippen molar-refractivity contribution in [2.45, 2.75) is 44.9 Å². The van der Waals surface area contributed by atoms with Gasteiger partial charge >= 0.3 is 0 Å². The Kier molecular flexibility index (Phi) is 6.17. The number of rotatable bonds is 6. The summed E-state index contributed by atoms with van der Waals surface area (Å²) in [6.45, 7) is 3.33. The fourth-order valence-electron chi connectivity index (χ4n) is 4.88. The van der Waals surface area contributed by atoms with Gasteiger partial charge in [0.15, 0.2) is 0 Å². The molecule has 0 bridgehead atoms. The van der Waals surface area contributed by atoms with Crippen molar-refractivity contribution in [3.05, 3.63) is 89.1 Å². The third kappa shape index (κ3) is 4.59. The highest BCUT2D eigenvalue weighted by atomic mass is 16.2. The molecule has 2 atom stereocenters. The molecule has 178 valence electrons. The molecule has 2 unspecified atom stereocenters. The second kappa shape index (κ2) is 9.43. The fraction of sp³-hybridized carbons (Fsp3) is 0.286. The Balaban J connectivity index is 1.33. The van der Waals surface area contributed by atoms with Gasteiger partial charge in [0, 0.05) is 42.9 Å². The van der Waals surface area contributed by atoms with Crippen molar-refractivity contribution in [1.29, 1.82) is 0 Å². The first-order valence-electron chi connectivity index (χ1n) is 11.9. The second-order valence-corrected chi connectivity index (χ2v) is 9.32. The lowest BCUT2D eigenvalue weighted by Gasteiger charge is -2.29. The molecule has 5 rings (SSSR count). The molecule has 0 aliphatic carbocycles. The minimum Gasteiger partial charge on any atom is -0.322 e. The number of piperidine rings is 1. The third-order valence-corrected chi connectivity index (χ3v) is 7.02. The molecule has 3 aromatic rings. The lowest BCUT2D eigenvalue weighted by atomic mass is 10.0. The van der Waals surface area contributed by atoms with E-state index < -0.39 is 11.9 Å². The SMILES string of the molecule is CC(c1ccccc1)N(C)Cc1ccnc(-c2ccc3c(c2)CN(C2CCC(=O)NC2=O)C3=O)c1. The summed E-state index contributed by atoms with van der Waals surface area (Å²) >= 11 is 0. The van der Waals surface area contributed by atoms with Crippen LogP contribution in [-0.2, 0) is 22.7 Å². The number of nitrogens with one attached hydrogen (secondary N) is 1. The Bertz CT molecular complexity index is 1290. The number of fused-ring (bicyclic) bond motifs is 1. The summed E-state index contributed by atoms with van der Waals surface area (Å²) in [5.41, 5.74) is 5.68. The number of benzene rings is 2. The highest BCUT2D eigenvalue weighted by Gasteiger charge is 2.39. The smallest absolute Gasteiger partial charge is 0.255 e. The predicted octanol–water partition coefficient (Wildman–Crippen LogP) is 3.70. The van der Waals surface area contributed by atoms with Gasteiger partial charge < -0.3 is 4.90 Å². The lowest BCUT2D eigenvalue weighted by Crippen LogP contribution is -2.52. The molecule has 3 amide bonds. The molecule has 35 heavy (non-hydrogen) atoms. The minimum atomic E-state index is -0.611. The topological polar surface area (TPSA) is 82.6 Å². The zero-order chi connectivity index (χ0) is 24.5. The van der Waals surface area contributed by atoms with Crippen LogP contribution in [0.5, 0.6) is 0 Å². The van der Waals surface area contributed by atoms with E-state index >= 15 is 0 Å². The van der Waals surface area contributed by atoms with Crippen molar-refractivity contribution in [2.24, 2.45) is 0 Å². The average Bonchev–Trinajstić information content (AvgIpc) is 3.19. The maximum atomic E-state index is 13.0. The van der Waals surface area contributed by atoms with E-state index in [1.54, 1.807) is 4.90 Å². The Morgan fingerprint density at radius 3 is 2.66 bits per heavy atom. The molecular weight excluding hydrogens is 440 g/mol. The molecular formula is C28H28N4O3. The molecule has 7 heteroatoms. The average molecular weight is 469 g/mol. The second-order valence-electron chi connectivity index (χ2n) is 9.32. The molecule has 2 aromatic carbocycles. The van der Waals surface area contributed by atoms with Crippen LogP contribution >= 0.6 is 0 Å². The number of hydrogen-bond acceptors (Lipinski definition) is 5. The number of imide groups is 1. The van der Waals surface area contributed by atoms with Gasteiger partial charge in [-0.1, -0.05) is 36.4 Å². The molecule has 3 heterocycles. The van der Waals surface area contributed by atoms with Gasteiger partial charge in [0.05, 0.1) is 5.69 Å². The number of carbonyl (C=O) groups is 3. The van der Waals surface area contributed by atoms with Crippen LogP contribution in [-0.4, -0.2) is 45.6 Å². The van der Waals surface area contributed by atoms with E-state index in [9.17, 15) is 14.4 Å². The van der Waals surface area contributed by atoms with Crippen LogP contribution < -0.4 is 5.32 Å². The zero-order valence-electron chi connectivity index (χ0n) is 19.9. The van der Waals surface area contributed by atoms with Crippen molar-refractivity contribution in [2.75, 3.05) is 7.05 Å².